The van der Waals surface area contributed by atoms with Gasteiger partial charge in [-0.15, -0.1) is 0 Å². The minimum Gasteiger partial charge on any atom is -0.377 e. The number of halogens is 1. The predicted octanol–water partition coefficient (Wildman–Crippen LogP) is 3.93. The molecular weight excluding hydrogens is 317 g/mol. The van der Waals surface area contributed by atoms with E-state index in [4.69, 9.17) is 0 Å². The van der Waals surface area contributed by atoms with Crippen LogP contribution >= 0.6 is 0 Å². The molecule has 4 nitrogen and oxygen atoms in total. The van der Waals surface area contributed by atoms with Crippen LogP contribution in [0.5, 0.6) is 0 Å². The molecule has 0 radical (unpaired) electrons. The van der Waals surface area contributed by atoms with Crippen LogP contribution < -0.4 is 14.8 Å². The maximum Gasteiger partial charge on any atom is 0.500 e. The lowest BCUT2D eigenvalue weighted by molar-refractivity contribution is -0.567. The summed E-state index contributed by atoms with van der Waals surface area (Å²) in [4.78, 5) is 14.2. The van der Waals surface area contributed by atoms with E-state index in [2.05, 4.69) is 5.32 Å². The number of pyridine rings is 1. The number of amides is 1. The van der Waals surface area contributed by atoms with Crippen LogP contribution in [-0.4, -0.2) is 20.1 Å². The third kappa shape index (κ3) is 4.01. The first-order valence-electron chi connectivity index (χ1n) is 7.89. The van der Waals surface area contributed by atoms with Crippen LogP contribution in [0.1, 0.15) is 0 Å². The maximum absolute atomic E-state index is 13.3. The maximum atomic E-state index is 13.3. The van der Waals surface area contributed by atoms with Crippen molar-refractivity contribution in [2.24, 2.45) is 0 Å². The molecule has 1 heterocycles. The number of hydrogen-bond donors (Lipinski definition) is 1. The Labute approximate surface area is 146 Å². The molecule has 1 amide bonds. The molecule has 1 N–H and O–H groups in total. The lowest BCUT2D eigenvalue weighted by Gasteiger charge is -2.11. The molecule has 25 heavy (non-hydrogen) atoms. The Morgan fingerprint density at radius 2 is 1.64 bits per heavy atom. The van der Waals surface area contributed by atoms with Crippen LogP contribution in [0.2, 0.25) is 0 Å². The minimum atomic E-state index is -0.271. The van der Waals surface area contributed by atoms with Crippen LogP contribution in [0.4, 0.5) is 20.6 Å². The molecule has 0 aliphatic rings. The first kappa shape index (κ1) is 16.6. The first-order valence-corrected chi connectivity index (χ1v) is 7.89. The highest BCUT2D eigenvalue weighted by molar-refractivity contribution is 5.83. The summed E-state index contributed by atoms with van der Waals surface area (Å²) in [5.41, 5.74) is 3.38. The van der Waals surface area contributed by atoms with E-state index in [1.807, 2.05) is 49.3 Å². The number of hydrogen-bond acceptors (Lipinski definition) is 2. The molecule has 0 unspecified atom stereocenters. The van der Waals surface area contributed by atoms with Gasteiger partial charge in [-0.2, -0.15) is 9.36 Å². The van der Waals surface area contributed by atoms with Crippen LogP contribution in [0.15, 0.2) is 73.1 Å². The van der Waals surface area contributed by atoms with Crippen LogP contribution in [0, 0.1) is 5.82 Å². The zero-order valence-corrected chi connectivity index (χ0v) is 14.1. The monoisotopic (exact) mass is 336 g/mol. The van der Waals surface area contributed by atoms with Crippen molar-refractivity contribution in [3.63, 3.8) is 0 Å². The number of carbonyl (C=O) groups excluding carboxylic acids is 1. The van der Waals surface area contributed by atoms with Crippen molar-refractivity contribution in [3.05, 3.63) is 78.9 Å². The van der Waals surface area contributed by atoms with E-state index in [1.165, 1.54) is 16.7 Å². The number of nitrogens with zero attached hydrogens (tertiary/aromatic N) is 2. The molecule has 0 atom stereocenters. The number of benzene rings is 2. The Kier molecular flexibility index (Phi) is 4.75. The number of nitrogens with one attached hydrogen (secondary N) is 1. The van der Waals surface area contributed by atoms with E-state index in [-0.39, 0.29) is 11.8 Å². The Hall–Kier alpha value is -3.21. The molecule has 0 saturated heterocycles. The average Bonchev–Trinajstić information content (AvgIpc) is 2.62. The van der Waals surface area contributed by atoms with Crippen molar-refractivity contribution >= 4 is 17.4 Å². The molecule has 0 saturated carbocycles. The van der Waals surface area contributed by atoms with Crippen molar-refractivity contribution in [1.29, 1.82) is 0 Å². The minimum absolute atomic E-state index is 0.246. The van der Waals surface area contributed by atoms with E-state index in [1.54, 1.807) is 30.6 Å². The average molecular weight is 336 g/mol. The molecule has 2 aromatic carbocycles. The molecule has 0 aliphatic carbocycles. The largest absolute Gasteiger partial charge is 0.500 e. The predicted molar refractivity (Wildman–Crippen MR) is 97.2 cm³/mol. The highest BCUT2D eigenvalue weighted by Crippen LogP contribution is 2.22. The van der Waals surface area contributed by atoms with Crippen molar-refractivity contribution < 1.29 is 13.8 Å². The van der Waals surface area contributed by atoms with Gasteiger partial charge in [-0.25, -0.2) is 9.71 Å². The molecule has 3 rings (SSSR count). The summed E-state index contributed by atoms with van der Waals surface area (Å²) in [5, 5.41) is 2.83. The summed E-state index contributed by atoms with van der Waals surface area (Å²) in [6.07, 6.45) is 3.43. The van der Waals surface area contributed by atoms with Crippen molar-refractivity contribution in [2.45, 2.75) is 0 Å². The molecule has 0 bridgehead atoms. The SMILES string of the molecule is CN(C)c1cc[n+](C(=O)Nc2ccc(-c3cccc(F)c3)cc2)cc1. The highest BCUT2D eigenvalue weighted by atomic mass is 19.1. The third-order valence-corrected chi connectivity index (χ3v) is 3.86. The number of rotatable bonds is 3. The standard InChI is InChI=1S/C20H18FN3O/c1-23(2)19-10-12-24(13-11-19)20(25)22-18-8-6-15(7-9-18)16-4-3-5-17(21)14-16/h3-14H,1-2H3/p+1. The fourth-order valence-electron chi connectivity index (χ4n) is 2.45. The molecule has 126 valence electrons. The Bertz CT molecular complexity index is 874. The van der Waals surface area contributed by atoms with Crippen LogP contribution in [0.3, 0.4) is 0 Å². The second kappa shape index (κ2) is 7.13. The number of anilines is 2. The molecule has 5 heteroatoms. The van der Waals surface area contributed by atoms with Gasteiger partial charge in [-0.3, -0.25) is 0 Å². The zero-order chi connectivity index (χ0) is 17.8. The van der Waals surface area contributed by atoms with Gasteiger partial charge in [0.2, 0.25) is 0 Å². The fourth-order valence-corrected chi connectivity index (χ4v) is 2.45. The Morgan fingerprint density at radius 1 is 0.960 bits per heavy atom. The summed E-state index contributed by atoms with van der Waals surface area (Å²) in [6.45, 7) is 0. The van der Waals surface area contributed by atoms with Crippen molar-refractivity contribution in [1.82, 2.24) is 0 Å². The van der Waals surface area contributed by atoms with Gasteiger partial charge in [0.05, 0.1) is 0 Å². The Morgan fingerprint density at radius 3 is 2.24 bits per heavy atom. The molecular formula is C20H19FN3O+. The van der Waals surface area contributed by atoms with Crippen molar-refractivity contribution in [2.75, 3.05) is 24.3 Å². The fraction of sp³-hybridized carbons (Fsp3) is 0.100. The van der Waals surface area contributed by atoms with Gasteiger partial charge in [0.25, 0.3) is 0 Å². The number of carbonyl (C=O) groups is 1. The topological polar surface area (TPSA) is 36.2 Å². The van der Waals surface area contributed by atoms with Gasteiger partial charge < -0.3 is 4.90 Å². The quantitative estimate of drug-likeness (QED) is 0.736. The van der Waals surface area contributed by atoms with Gasteiger partial charge in [0.15, 0.2) is 0 Å². The summed E-state index contributed by atoms with van der Waals surface area (Å²) >= 11 is 0. The molecule has 0 fully saturated rings. The third-order valence-electron chi connectivity index (χ3n) is 3.86. The van der Waals surface area contributed by atoms with Crippen LogP contribution in [0.25, 0.3) is 11.1 Å². The van der Waals surface area contributed by atoms with Gasteiger partial charge in [-0.05, 0) is 35.4 Å². The summed E-state index contributed by atoms with van der Waals surface area (Å²) in [5.74, 6) is -0.271. The second-order valence-corrected chi connectivity index (χ2v) is 5.88. The smallest absolute Gasteiger partial charge is 0.377 e. The van der Waals surface area contributed by atoms with Gasteiger partial charge in [0.1, 0.15) is 23.9 Å². The summed E-state index contributed by atoms with van der Waals surface area (Å²) in [7, 11) is 3.89. The van der Waals surface area contributed by atoms with Crippen LogP contribution in [-0.2, 0) is 0 Å². The molecule has 0 aliphatic heterocycles. The Balaban J connectivity index is 1.71. The molecule has 1 aromatic heterocycles. The van der Waals surface area contributed by atoms with E-state index < -0.39 is 0 Å². The van der Waals surface area contributed by atoms with E-state index >= 15 is 0 Å². The molecule has 3 aromatic rings. The summed E-state index contributed by atoms with van der Waals surface area (Å²) < 4.78 is 14.8. The summed E-state index contributed by atoms with van der Waals surface area (Å²) in [6, 6.07) is 17.2. The van der Waals surface area contributed by atoms with Gasteiger partial charge in [0, 0.05) is 31.9 Å². The van der Waals surface area contributed by atoms with Gasteiger partial charge in [-0.1, -0.05) is 24.3 Å². The lowest BCUT2D eigenvalue weighted by Crippen LogP contribution is -2.45. The van der Waals surface area contributed by atoms with E-state index in [0.29, 0.717) is 5.69 Å². The van der Waals surface area contributed by atoms with Crippen molar-refractivity contribution in [3.8, 4) is 11.1 Å². The van der Waals surface area contributed by atoms with Gasteiger partial charge >= 0.3 is 6.03 Å². The first-order chi connectivity index (χ1) is 12.0. The molecule has 0 spiro atoms. The van der Waals surface area contributed by atoms with E-state index in [0.717, 1.165) is 16.8 Å². The van der Waals surface area contributed by atoms with E-state index in [9.17, 15) is 9.18 Å². The lowest BCUT2D eigenvalue weighted by atomic mass is 10.1. The zero-order valence-electron chi connectivity index (χ0n) is 14.1. The second-order valence-electron chi connectivity index (χ2n) is 5.88. The highest BCUT2D eigenvalue weighted by Gasteiger charge is 2.14. The normalized spacial score (nSPS) is 10.4. The number of aromatic nitrogens is 1.